The van der Waals surface area contributed by atoms with E-state index in [4.69, 9.17) is 5.26 Å². The van der Waals surface area contributed by atoms with Crippen LogP contribution in [0.5, 0.6) is 0 Å². The molecule has 0 saturated carbocycles. The van der Waals surface area contributed by atoms with Crippen molar-refractivity contribution in [1.29, 1.82) is 5.26 Å². The SMILES string of the molecule is CCn1cc(C#N)c(=O)n(CCCn2c(=O)c3c(ncn3C)n(C)c2=O)c1=O. The van der Waals surface area contributed by atoms with Crippen molar-refractivity contribution in [3.05, 3.63) is 59.8 Å². The first kappa shape index (κ1) is 19.1. The Hall–Kier alpha value is -3.68. The van der Waals surface area contributed by atoms with Gasteiger partial charge in [-0.3, -0.25) is 27.9 Å². The molecule has 0 spiro atoms. The number of hydrogen-bond donors (Lipinski definition) is 0. The summed E-state index contributed by atoms with van der Waals surface area (Å²) in [6.45, 7) is 2.03. The summed E-state index contributed by atoms with van der Waals surface area (Å²) >= 11 is 0. The predicted octanol–water partition coefficient (Wildman–Crippen LogP) is -1.26. The standard InChI is InChI=1S/C17H19N7O4/c1-4-22-9-11(8-18)14(25)23(17(22)28)6-5-7-24-15(26)12-13(19-10-20(12)2)21(3)16(24)27/h9-10H,4-7H2,1-3H3. The molecular weight excluding hydrogens is 366 g/mol. The Morgan fingerprint density at radius 2 is 1.68 bits per heavy atom. The van der Waals surface area contributed by atoms with Crippen molar-refractivity contribution < 1.29 is 0 Å². The van der Waals surface area contributed by atoms with Gasteiger partial charge in [-0.2, -0.15) is 5.26 Å². The van der Waals surface area contributed by atoms with Crippen LogP contribution in [0, 0.1) is 11.3 Å². The van der Waals surface area contributed by atoms with E-state index < -0.39 is 22.5 Å². The number of nitrogens with zero attached hydrogens (tertiary/aromatic N) is 7. The lowest BCUT2D eigenvalue weighted by molar-refractivity contribution is 0.490. The third-order valence-corrected chi connectivity index (χ3v) is 4.66. The lowest BCUT2D eigenvalue weighted by atomic mass is 10.3. The van der Waals surface area contributed by atoms with Gasteiger partial charge in [0, 0.05) is 39.9 Å². The molecule has 0 aliphatic rings. The molecule has 3 aromatic rings. The van der Waals surface area contributed by atoms with Gasteiger partial charge in [0.05, 0.1) is 6.33 Å². The van der Waals surface area contributed by atoms with Crippen molar-refractivity contribution in [1.82, 2.24) is 27.8 Å². The predicted molar refractivity (Wildman–Crippen MR) is 100 cm³/mol. The first-order chi connectivity index (χ1) is 13.3. The van der Waals surface area contributed by atoms with E-state index in [1.807, 2.05) is 0 Å². The molecule has 3 rings (SSSR count). The number of aryl methyl sites for hydroxylation is 3. The Kier molecular flexibility index (Phi) is 4.87. The molecule has 0 amide bonds. The Morgan fingerprint density at radius 3 is 2.29 bits per heavy atom. The average Bonchev–Trinajstić information content (AvgIpc) is 3.07. The van der Waals surface area contributed by atoms with Gasteiger partial charge in [0.2, 0.25) is 0 Å². The van der Waals surface area contributed by atoms with Crippen LogP contribution in [0.2, 0.25) is 0 Å². The van der Waals surface area contributed by atoms with Gasteiger partial charge in [0.1, 0.15) is 11.6 Å². The third kappa shape index (κ3) is 2.88. The molecule has 0 aromatic carbocycles. The first-order valence-corrected chi connectivity index (χ1v) is 8.67. The zero-order valence-corrected chi connectivity index (χ0v) is 15.7. The maximum Gasteiger partial charge on any atom is 0.332 e. The summed E-state index contributed by atoms with van der Waals surface area (Å²) in [6, 6.07) is 1.78. The summed E-state index contributed by atoms with van der Waals surface area (Å²) in [4.78, 5) is 53.9. The Bertz CT molecular complexity index is 1340. The van der Waals surface area contributed by atoms with Gasteiger partial charge in [-0.1, -0.05) is 0 Å². The van der Waals surface area contributed by atoms with Crippen molar-refractivity contribution in [2.45, 2.75) is 33.0 Å². The van der Waals surface area contributed by atoms with Gasteiger partial charge in [0.25, 0.3) is 11.1 Å². The van der Waals surface area contributed by atoms with E-state index in [0.717, 1.165) is 9.13 Å². The van der Waals surface area contributed by atoms with Gasteiger partial charge in [0.15, 0.2) is 11.2 Å². The topological polar surface area (TPSA) is 130 Å². The van der Waals surface area contributed by atoms with E-state index in [2.05, 4.69) is 4.98 Å². The fraction of sp³-hybridized carbons (Fsp3) is 0.412. The van der Waals surface area contributed by atoms with Crippen LogP contribution in [-0.4, -0.2) is 27.8 Å². The summed E-state index contributed by atoms with van der Waals surface area (Å²) < 4.78 is 6.10. The van der Waals surface area contributed by atoms with Crippen molar-refractivity contribution in [3.63, 3.8) is 0 Å². The van der Waals surface area contributed by atoms with Crippen LogP contribution in [-0.2, 0) is 33.7 Å². The van der Waals surface area contributed by atoms with E-state index >= 15 is 0 Å². The van der Waals surface area contributed by atoms with Crippen LogP contribution in [0.15, 0.2) is 31.7 Å². The quantitative estimate of drug-likeness (QED) is 0.539. The molecule has 0 atom stereocenters. The van der Waals surface area contributed by atoms with Crippen molar-refractivity contribution in [2.24, 2.45) is 14.1 Å². The average molecular weight is 385 g/mol. The van der Waals surface area contributed by atoms with Crippen molar-refractivity contribution in [2.75, 3.05) is 0 Å². The highest BCUT2D eigenvalue weighted by Crippen LogP contribution is 2.03. The van der Waals surface area contributed by atoms with Gasteiger partial charge < -0.3 is 4.57 Å². The molecule has 0 unspecified atom stereocenters. The molecule has 0 fully saturated rings. The molecule has 146 valence electrons. The van der Waals surface area contributed by atoms with Gasteiger partial charge in [-0.05, 0) is 13.3 Å². The third-order valence-electron chi connectivity index (χ3n) is 4.66. The minimum atomic E-state index is -0.681. The lowest BCUT2D eigenvalue weighted by Gasteiger charge is -2.11. The monoisotopic (exact) mass is 385 g/mol. The minimum absolute atomic E-state index is 0.0153. The second kappa shape index (κ2) is 7.15. The van der Waals surface area contributed by atoms with Crippen LogP contribution in [0.1, 0.15) is 18.9 Å². The molecule has 11 nitrogen and oxygen atoms in total. The van der Waals surface area contributed by atoms with Crippen LogP contribution >= 0.6 is 0 Å². The molecule has 0 saturated heterocycles. The van der Waals surface area contributed by atoms with Gasteiger partial charge >= 0.3 is 11.4 Å². The van der Waals surface area contributed by atoms with E-state index in [9.17, 15) is 19.2 Å². The Morgan fingerprint density at radius 1 is 1.04 bits per heavy atom. The zero-order chi connectivity index (χ0) is 20.6. The van der Waals surface area contributed by atoms with Gasteiger partial charge in [-0.15, -0.1) is 0 Å². The summed E-state index contributed by atoms with van der Waals surface area (Å²) in [6.07, 6.45) is 2.87. The molecule has 3 heterocycles. The molecule has 0 radical (unpaired) electrons. The molecule has 0 aliphatic carbocycles. The number of aromatic nitrogens is 6. The molecule has 28 heavy (non-hydrogen) atoms. The Balaban J connectivity index is 1.98. The normalized spacial score (nSPS) is 11.1. The number of nitriles is 1. The summed E-state index contributed by atoms with van der Waals surface area (Å²) in [5.41, 5.74) is -1.78. The molecule has 3 aromatic heterocycles. The van der Waals surface area contributed by atoms with E-state index in [0.29, 0.717) is 12.1 Å². The van der Waals surface area contributed by atoms with Crippen LogP contribution < -0.4 is 22.5 Å². The molecule has 0 bridgehead atoms. The van der Waals surface area contributed by atoms with Crippen LogP contribution in [0.3, 0.4) is 0 Å². The highest BCUT2D eigenvalue weighted by atomic mass is 16.2. The largest absolute Gasteiger partial charge is 0.332 e. The fourth-order valence-corrected chi connectivity index (χ4v) is 3.13. The smallest absolute Gasteiger partial charge is 0.328 e. The van der Waals surface area contributed by atoms with Crippen LogP contribution in [0.4, 0.5) is 0 Å². The molecule has 0 aliphatic heterocycles. The molecule has 0 N–H and O–H groups in total. The van der Waals surface area contributed by atoms with Crippen molar-refractivity contribution >= 4 is 11.2 Å². The number of fused-ring (bicyclic) bond motifs is 1. The van der Waals surface area contributed by atoms with E-state index in [1.165, 1.54) is 33.3 Å². The highest BCUT2D eigenvalue weighted by Gasteiger charge is 2.15. The minimum Gasteiger partial charge on any atom is -0.328 e. The number of rotatable bonds is 5. The lowest BCUT2D eigenvalue weighted by Crippen LogP contribution is -2.42. The van der Waals surface area contributed by atoms with Crippen molar-refractivity contribution in [3.8, 4) is 6.07 Å². The first-order valence-electron chi connectivity index (χ1n) is 8.67. The molecule has 11 heteroatoms. The highest BCUT2D eigenvalue weighted by molar-refractivity contribution is 5.69. The van der Waals surface area contributed by atoms with E-state index in [1.54, 1.807) is 20.0 Å². The van der Waals surface area contributed by atoms with Gasteiger partial charge in [-0.25, -0.2) is 14.6 Å². The fourth-order valence-electron chi connectivity index (χ4n) is 3.13. The maximum atomic E-state index is 12.7. The number of imidazole rings is 1. The summed E-state index contributed by atoms with van der Waals surface area (Å²) in [5, 5.41) is 9.09. The van der Waals surface area contributed by atoms with Crippen LogP contribution in [0.25, 0.3) is 11.2 Å². The number of hydrogen-bond acceptors (Lipinski definition) is 6. The molecular formula is C17H19N7O4. The van der Waals surface area contributed by atoms with E-state index in [-0.39, 0.29) is 30.7 Å². The summed E-state index contributed by atoms with van der Waals surface area (Å²) in [5.74, 6) is 0. The second-order valence-electron chi connectivity index (χ2n) is 6.36. The Labute approximate surface area is 157 Å². The summed E-state index contributed by atoms with van der Waals surface area (Å²) in [7, 11) is 3.18. The second-order valence-corrected chi connectivity index (χ2v) is 6.36. The maximum absolute atomic E-state index is 12.7. The zero-order valence-electron chi connectivity index (χ0n) is 15.7.